The molecule has 2 aromatic heterocycles. The molecule has 7 nitrogen and oxygen atoms in total. The van der Waals surface area contributed by atoms with Gasteiger partial charge in [0.2, 0.25) is 5.91 Å². The molecule has 1 fully saturated rings. The fraction of sp³-hybridized carbons (Fsp3) is 0.267. The van der Waals surface area contributed by atoms with Crippen LogP contribution in [-0.2, 0) is 4.79 Å². The minimum absolute atomic E-state index is 0.108. The number of aryl methyl sites for hydroxylation is 1. The van der Waals surface area contributed by atoms with Crippen LogP contribution in [0.1, 0.15) is 51.9 Å². The van der Waals surface area contributed by atoms with E-state index in [0.29, 0.717) is 33.7 Å². The van der Waals surface area contributed by atoms with Crippen molar-refractivity contribution in [3.8, 4) is 17.0 Å². The van der Waals surface area contributed by atoms with Crippen molar-refractivity contribution in [3.05, 3.63) is 88.7 Å². The number of hydrogen-bond donors (Lipinski definition) is 2. The molecule has 4 aromatic rings. The number of ether oxygens (including phenoxy) is 1. The normalized spacial score (nSPS) is 16.9. The maximum atomic E-state index is 14.7. The lowest BCUT2D eigenvalue weighted by molar-refractivity contribution is -0.119. The lowest BCUT2D eigenvalue weighted by Crippen LogP contribution is -2.30. The summed E-state index contributed by atoms with van der Waals surface area (Å²) in [6.07, 6.45) is 3.52. The molecule has 3 N–H and O–H groups in total. The maximum Gasteiger partial charge on any atom is 0.251 e. The Kier molecular flexibility index (Phi) is 6.21. The molecule has 39 heavy (non-hydrogen) atoms. The third-order valence-electron chi connectivity index (χ3n) is 7.44. The summed E-state index contributed by atoms with van der Waals surface area (Å²) in [7, 11) is 0. The number of rotatable bonds is 7. The van der Waals surface area contributed by atoms with Crippen molar-refractivity contribution >= 4 is 22.7 Å². The molecule has 198 valence electrons. The molecular formula is C30H26F2N4O3. The van der Waals surface area contributed by atoms with Gasteiger partial charge in [-0.15, -0.1) is 0 Å². The highest BCUT2D eigenvalue weighted by Gasteiger charge is 2.38. The number of aromatic nitrogens is 2. The summed E-state index contributed by atoms with van der Waals surface area (Å²) in [5.74, 6) is -1.88. The molecule has 2 amide bonds. The van der Waals surface area contributed by atoms with Crippen LogP contribution in [0.5, 0.6) is 5.75 Å². The maximum absolute atomic E-state index is 14.7. The largest absolute Gasteiger partial charge is 0.490 e. The molecule has 2 atom stereocenters. The number of primary amides is 1. The fourth-order valence-corrected chi connectivity index (χ4v) is 5.23. The highest BCUT2D eigenvalue weighted by molar-refractivity contribution is 5.98. The number of pyridine rings is 2. The number of benzene rings is 2. The summed E-state index contributed by atoms with van der Waals surface area (Å²) < 4.78 is 34.2. The smallest absolute Gasteiger partial charge is 0.251 e. The van der Waals surface area contributed by atoms with E-state index < -0.39 is 23.5 Å². The third-order valence-corrected chi connectivity index (χ3v) is 7.44. The molecule has 1 aliphatic carbocycles. The molecule has 0 radical (unpaired) electrons. The molecule has 2 unspecified atom stereocenters. The Morgan fingerprint density at radius 3 is 2.62 bits per heavy atom. The summed E-state index contributed by atoms with van der Waals surface area (Å²) in [6, 6.07) is 12.4. The summed E-state index contributed by atoms with van der Waals surface area (Å²) in [5, 5.41) is 3.51. The predicted octanol–water partition coefficient (Wildman–Crippen LogP) is 4.77. The van der Waals surface area contributed by atoms with Gasteiger partial charge in [0.05, 0.1) is 0 Å². The molecule has 0 bridgehead atoms. The van der Waals surface area contributed by atoms with E-state index in [-0.39, 0.29) is 41.9 Å². The molecule has 9 heteroatoms. The number of carbonyl (C=O) groups is 2. The van der Waals surface area contributed by atoms with Crippen LogP contribution in [0.3, 0.4) is 0 Å². The highest BCUT2D eigenvalue weighted by Crippen LogP contribution is 2.46. The van der Waals surface area contributed by atoms with Crippen LogP contribution in [0.4, 0.5) is 8.78 Å². The lowest BCUT2D eigenvalue weighted by atomic mass is 9.92. The van der Waals surface area contributed by atoms with E-state index in [1.807, 2.05) is 13.0 Å². The second-order valence-corrected chi connectivity index (χ2v) is 10.3. The topological polar surface area (TPSA) is 107 Å². The van der Waals surface area contributed by atoms with Crippen molar-refractivity contribution in [3.63, 3.8) is 0 Å². The average Bonchev–Trinajstić information content (AvgIpc) is 3.65. The van der Waals surface area contributed by atoms with Crippen molar-refractivity contribution in [2.75, 3.05) is 13.2 Å². The Balaban J connectivity index is 1.33. The minimum Gasteiger partial charge on any atom is -0.490 e. The van der Waals surface area contributed by atoms with Crippen LogP contribution in [0, 0.1) is 24.5 Å². The second kappa shape index (κ2) is 9.72. The standard InChI is InChI=1S/C30H26F2N4O3/c1-15-8-18-9-19(10-24(32)26(18)34-12-15)30(38)35-13-22(16-2-3-16)25-11-21-23(29(33)37)14-39-28(21)27(36-25)17-4-6-20(31)7-5-17/h4-12,16,22-23H,2-3,13-14H2,1H3,(H2,33,37)(H,35,38). The van der Waals surface area contributed by atoms with Gasteiger partial charge in [0.1, 0.15) is 41.1 Å². The van der Waals surface area contributed by atoms with Crippen molar-refractivity contribution in [2.45, 2.75) is 31.6 Å². The van der Waals surface area contributed by atoms with Crippen LogP contribution >= 0.6 is 0 Å². The molecule has 6 rings (SSSR count). The second-order valence-electron chi connectivity index (χ2n) is 10.3. The van der Waals surface area contributed by atoms with Crippen molar-refractivity contribution < 1.29 is 23.1 Å². The van der Waals surface area contributed by atoms with E-state index in [4.69, 9.17) is 15.5 Å². The summed E-state index contributed by atoms with van der Waals surface area (Å²) in [5.41, 5.74) is 9.44. The van der Waals surface area contributed by atoms with E-state index in [2.05, 4.69) is 10.3 Å². The van der Waals surface area contributed by atoms with E-state index in [0.717, 1.165) is 18.4 Å². The number of hydrogen-bond acceptors (Lipinski definition) is 5. The van der Waals surface area contributed by atoms with Gasteiger partial charge in [0, 0.05) is 46.4 Å². The Morgan fingerprint density at radius 2 is 1.90 bits per heavy atom. The SMILES string of the molecule is Cc1cnc2c(F)cc(C(=O)NCC(c3cc4c(c(-c5ccc(F)cc5)n3)OCC4C(N)=O)C3CC3)cc2c1. The Labute approximate surface area is 223 Å². The zero-order valence-electron chi connectivity index (χ0n) is 21.2. The van der Waals surface area contributed by atoms with E-state index >= 15 is 0 Å². The van der Waals surface area contributed by atoms with E-state index in [1.54, 1.807) is 30.5 Å². The van der Waals surface area contributed by atoms with Crippen molar-refractivity contribution in [1.82, 2.24) is 15.3 Å². The minimum atomic E-state index is -0.631. The molecule has 3 heterocycles. The van der Waals surface area contributed by atoms with Gasteiger partial charge < -0.3 is 15.8 Å². The summed E-state index contributed by atoms with van der Waals surface area (Å²) in [4.78, 5) is 34.3. The number of fused-ring (bicyclic) bond motifs is 2. The first kappa shape index (κ1) is 24.9. The van der Waals surface area contributed by atoms with Gasteiger partial charge in [-0.05, 0) is 79.8 Å². The quantitative estimate of drug-likeness (QED) is 0.359. The van der Waals surface area contributed by atoms with E-state index in [9.17, 15) is 18.4 Å². The lowest BCUT2D eigenvalue weighted by Gasteiger charge is -2.20. The van der Waals surface area contributed by atoms with E-state index in [1.165, 1.54) is 18.2 Å². The van der Waals surface area contributed by atoms with Crippen molar-refractivity contribution in [2.24, 2.45) is 11.7 Å². The van der Waals surface area contributed by atoms with Crippen LogP contribution in [-0.4, -0.2) is 34.9 Å². The van der Waals surface area contributed by atoms with Crippen molar-refractivity contribution in [1.29, 1.82) is 0 Å². The van der Waals surface area contributed by atoms with Crippen LogP contribution in [0.15, 0.2) is 54.7 Å². The van der Waals surface area contributed by atoms with Gasteiger partial charge in [-0.25, -0.2) is 13.8 Å². The predicted molar refractivity (Wildman–Crippen MR) is 141 cm³/mol. The summed E-state index contributed by atoms with van der Waals surface area (Å²) >= 11 is 0. The third kappa shape index (κ3) is 4.80. The zero-order valence-corrected chi connectivity index (χ0v) is 21.2. The zero-order chi connectivity index (χ0) is 27.3. The van der Waals surface area contributed by atoms with Crippen LogP contribution in [0.2, 0.25) is 0 Å². The van der Waals surface area contributed by atoms with Gasteiger partial charge >= 0.3 is 0 Å². The first-order valence-electron chi connectivity index (χ1n) is 12.9. The molecule has 0 spiro atoms. The van der Waals surface area contributed by atoms with Crippen LogP contribution in [0.25, 0.3) is 22.2 Å². The summed E-state index contributed by atoms with van der Waals surface area (Å²) in [6.45, 7) is 2.23. The average molecular weight is 529 g/mol. The molecule has 2 aliphatic rings. The van der Waals surface area contributed by atoms with Gasteiger partial charge in [0.15, 0.2) is 0 Å². The van der Waals surface area contributed by atoms with Gasteiger partial charge in [0.25, 0.3) is 5.91 Å². The first-order valence-corrected chi connectivity index (χ1v) is 12.9. The number of carbonyl (C=O) groups excluding carboxylic acids is 2. The van der Waals surface area contributed by atoms with Gasteiger partial charge in [-0.2, -0.15) is 0 Å². The Bertz CT molecular complexity index is 1620. The molecule has 1 saturated carbocycles. The molecular weight excluding hydrogens is 502 g/mol. The number of nitrogens with one attached hydrogen (secondary N) is 1. The molecule has 2 aromatic carbocycles. The molecule has 0 saturated heterocycles. The number of amides is 2. The number of nitrogens with zero attached hydrogens (tertiary/aromatic N) is 2. The van der Waals surface area contributed by atoms with Gasteiger partial charge in [-0.3, -0.25) is 14.6 Å². The monoisotopic (exact) mass is 528 g/mol. The van der Waals surface area contributed by atoms with Gasteiger partial charge in [-0.1, -0.05) is 0 Å². The highest BCUT2D eigenvalue weighted by atomic mass is 19.1. The fourth-order valence-electron chi connectivity index (χ4n) is 5.23. The Hall–Kier alpha value is -4.40. The first-order chi connectivity index (χ1) is 18.8. The van der Waals surface area contributed by atoms with Crippen LogP contribution < -0.4 is 15.8 Å². The molecule has 1 aliphatic heterocycles. The number of nitrogens with two attached hydrogens (primary N) is 1. The number of halogens is 2. The Morgan fingerprint density at radius 1 is 1.13 bits per heavy atom.